The summed E-state index contributed by atoms with van der Waals surface area (Å²) in [4.78, 5) is 9.81. The maximum Gasteiger partial charge on any atom is 0.149 e. The van der Waals surface area contributed by atoms with Crippen LogP contribution in [0.3, 0.4) is 0 Å². The van der Waals surface area contributed by atoms with E-state index in [0.29, 0.717) is 6.29 Å². The third-order valence-corrected chi connectivity index (χ3v) is 0.630. The summed E-state index contributed by atoms with van der Waals surface area (Å²) in [6, 6.07) is 0. The first-order valence-corrected chi connectivity index (χ1v) is 2.33. The quantitative estimate of drug-likeness (QED) is 0.320. The highest BCUT2D eigenvalue weighted by Gasteiger charge is 1.81. The minimum atomic E-state index is -0.585. The Labute approximate surface area is 53.2 Å². The highest BCUT2D eigenvalue weighted by molar-refractivity contribution is 5.76. The molecular formula is C7H7FO. The molecule has 0 saturated heterocycles. The number of rotatable bonds is 3. The number of carbonyl (C=O) groups excluding carboxylic acids is 1. The molecule has 48 valence electrons. The second-order valence-corrected chi connectivity index (χ2v) is 1.47. The number of aldehydes is 1. The van der Waals surface area contributed by atoms with Crippen LogP contribution in [0.1, 0.15) is 0 Å². The van der Waals surface area contributed by atoms with Crippen molar-refractivity contribution >= 4 is 6.29 Å². The second-order valence-electron chi connectivity index (χ2n) is 1.47. The third-order valence-electron chi connectivity index (χ3n) is 0.630. The van der Waals surface area contributed by atoms with Crippen LogP contribution in [0.5, 0.6) is 0 Å². The zero-order chi connectivity index (χ0) is 7.28. The summed E-state index contributed by atoms with van der Waals surface area (Å²) in [5.41, 5.74) is 0.230. The molecule has 0 aromatic carbocycles. The lowest BCUT2D eigenvalue weighted by atomic mass is 10.3. The lowest BCUT2D eigenvalue weighted by molar-refractivity contribution is -0.104. The summed E-state index contributed by atoms with van der Waals surface area (Å²) in [6.45, 7) is 6.23. The van der Waals surface area contributed by atoms with E-state index in [1.165, 1.54) is 6.08 Å². The van der Waals surface area contributed by atoms with Crippen LogP contribution in [0.2, 0.25) is 0 Å². The van der Waals surface area contributed by atoms with Crippen LogP contribution >= 0.6 is 0 Å². The zero-order valence-electron chi connectivity index (χ0n) is 4.93. The minimum absolute atomic E-state index is 0.230. The van der Waals surface area contributed by atoms with E-state index in [1.807, 2.05) is 0 Å². The first kappa shape index (κ1) is 7.82. The van der Waals surface area contributed by atoms with Gasteiger partial charge in [-0.25, -0.2) is 4.39 Å². The summed E-state index contributed by atoms with van der Waals surface area (Å²) >= 11 is 0. The van der Waals surface area contributed by atoms with Gasteiger partial charge in [0.25, 0.3) is 0 Å². The van der Waals surface area contributed by atoms with E-state index in [-0.39, 0.29) is 5.57 Å². The molecule has 9 heavy (non-hydrogen) atoms. The fraction of sp³-hybridized carbons (Fsp3) is 0. The fourth-order valence-electron chi connectivity index (χ4n) is 0.237. The van der Waals surface area contributed by atoms with E-state index in [4.69, 9.17) is 0 Å². The zero-order valence-corrected chi connectivity index (χ0v) is 4.93. The second kappa shape index (κ2) is 3.78. The van der Waals surface area contributed by atoms with E-state index in [2.05, 4.69) is 13.2 Å². The molecule has 1 nitrogen and oxygen atoms in total. The molecule has 0 spiro atoms. The average Bonchev–Trinajstić information content (AvgIpc) is 1.83. The Morgan fingerprint density at radius 1 is 1.33 bits per heavy atom. The van der Waals surface area contributed by atoms with Gasteiger partial charge in [-0.05, 0) is 12.2 Å². The number of hydrogen-bond donors (Lipinski definition) is 0. The van der Waals surface area contributed by atoms with Crippen molar-refractivity contribution in [1.82, 2.24) is 0 Å². The highest BCUT2D eigenvalue weighted by Crippen LogP contribution is 1.95. The average molecular weight is 126 g/mol. The predicted molar refractivity (Wildman–Crippen MR) is 34.6 cm³/mol. The molecule has 0 amide bonds. The molecule has 0 radical (unpaired) electrons. The molecule has 0 aliphatic carbocycles. The Bertz CT molecular complexity index is 168. The van der Waals surface area contributed by atoms with Gasteiger partial charge in [-0.2, -0.15) is 0 Å². The first-order valence-electron chi connectivity index (χ1n) is 2.33. The smallest absolute Gasteiger partial charge is 0.149 e. The van der Waals surface area contributed by atoms with Crippen LogP contribution in [0.25, 0.3) is 0 Å². The first-order chi connectivity index (χ1) is 4.16. The lowest BCUT2D eigenvalue weighted by Gasteiger charge is -1.80. The molecule has 0 aliphatic heterocycles. The van der Waals surface area contributed by atoms with Gasteiger partial charge in [0.15, 0.2) is 0 Å². The number of allylic oxidation sites excluding steroid dienone is 4. The summed E-state index contributed by atoms with van der Waals surface area (Å²) in [6.07, 6.45) is 2.88. The molecule has 0 saturated carbocycles. The van der Waals surface area contributed by atoms with E-state index in [9.17, 15) is 9.18 Å². The normalized spacial score (nSPS) is 9.44. The SMILES string of the molecule is C=C(F)C=CC(=C)C=O. The highest BCUT2D eigenvalue weighted by atomic mass is 19.1. The van der Waals surface area contributed by atoms with Gasteiger partial charge in [0.1, 0.15) is 12.1 Å². The maximum atomic E-state index is 11.8. The summed E-state index contributed by atoms with van der Waals surface area (Å²) in [5.74, 6) is -0.585. The van der Waals surface area contributed by atoms with Gasteiger partial charge in [0.2, 0.25) is 0 Å². The number of carbonyl (C=O) groups is 1. The van der Waals surface area contributed by atoms with Crippen LogP contribution in [0.4, 0.5) is 4.39 Å². The monoisotopic (exact) mass is 126 g/mol. The van der Waals surface area contributed by atoms with Gasteiger partial charge in [0.05, 0.1) is 0 Å². The molecule has 0 aromatic rings. The minimum Gasteiger partial charge on any atom is -0.298 e. The largest absolute Gasteiger partial charge is 0.298 e. The molecule has 0 rings (SSSR count). The molecule has 0 aliphatic rings. The predicted octanol–water partition coefficient (Wildman–Crippen LogP) is 1.78. The molecule has 0 unspecified atom stereocenters. The maximum absolute atomic E-state index is 11.8. The van der Waals surface area contributed by atoms with Crippen LogP contribution < -0.4 is 0 Å². The van der Waals surface area contributed by atoms with Gasteiger partial charge < -0.3 is 0 Å². The van der Waals surface area contributed by atoms with Crippen molar-refractivity contribution in [1.29, 1.82) is 0 Å². The van der Waals surface area contributed by atoms with Crippen molar-refractivity contribution in [3.63, 3.8) is 0 Å². The number of hydrogen-bond acceptors (Lipinski definition) is 1. The summed E-state index contributed by atoms with van der Waals surface area (Å²) in [7, 11) is 0. The van der Waals surface area contributed by atoms with Crippen molar-refractivity contribution < 1.29 is 9.18 Å². The van der Waals surface area contributed by atoms with Gasteiger partial charge >= 0.3 is 0 Å². The Morgan fingerprint density at radius 3 is 2.22 bits per heavy atom. The van der Waals surface area contributed by atoms with Crippen molar-refractivity contribution in [2.24, 2.45) is 0 Å². The van der Waals surface area contributed by atoms with Crippen molar-refractivity contribution in [2.75, 3.05) is 0 Å². The Morgan fingerprint density at radius 2 is 1.89 bits per heavy atom. The molecule has 0 aromatic heterocycles. The van der Waals surface area contributed by atoms with Crippen LogP contribution in [0, 0.1) is 0 Å². The fourth-order valence-corrected chi connectivity index (χ4v) is 0.237. The Hall–Kier alpha value is -1.18. The van der Waals surface area contributed by atoms with Gasteiger partial charge in [-0.1, -0.05) is 13.2 Å². The Balaban J connectivity index is 3.85. The van der Waals surface area contributed by atoms with Gasteiger partial charge in [-0.3, -0.25) is 4.79 Å². The van der Waals surface area contributed by atoms with E-state index >= 15 is 0 Å². The molecule has 0 heterocycles. The Kier molecular flexibility index (Phi) is 3.28. The van der Waals surface area contributed by atoms with Crippen LogP contribution in [0.15, 0.2) is 36.7 Å². The molecule has 0 N–H and O–H groups in total. The molecule has 0 bridgehead atoms. The van der Waals surface area contributed by atoms with E-state index in [1.54, 1.807) is 0 Å². The lowest BCUT2D eigenvalue weighted by Crippen LogP contribution is -1.72. The molecular weight excluding hydrogens is 119 g/mol. The van der Waals surface area contributed by atoms with Crippen LogP contribution in [-0.2, 0) is 4.79 Å². The molecule has 0 atom stereocenters. The third kappa shape index (κ3) is 4.68. The standard InChI is InChI=1S/C7H7FO/c1-6(5-9)3-4-7(2)8/h3-5H,1-2H2. The number of halogens is 1. The molecule has 2 heteroatoms. The topological polar surface area (TPSA) is 17.1 Å². The van der Waals surface area contributed by atoms with Gasteiger partial charge in [0, 0.05) is 5.57 Å². The van der Waals surface area contributed by atoms with Crippen molar-refractivity contribution in [3.05, 3.63) is 36.7 Å². The van der Waals surface area contributed by atoms with Gasteiger partial charge in [-0.15, -0.1) is 0 Å². The van der Waals surface area contributed by atoms with Crippen LogP contribution in [-0.4, -0.2) is 6.29 Å². The van der Waals surface area contributed by atoms with Crippen molar-refractivity contribution in [2.45, 2.75) is 0 Å². The van der Waals surface area contributed by atoms with Crippen molar-refractivity contribution in [3.8, 4) is 0 Å². The molecule has 0 fully saturated rings. The summed E-state index contributed by atoms with van der Waals surface area (Å²) < 4.78 is 11.8. The van der Waals surface area contributed by atoms with E-state index < -0.39 is 5.83 Å². The summed E-state index contributed by atoms with van der Waals surface area (Å²) in [5, 5.41) is 0. The van der Waals surface area contributed by atoms with E-state index in [0.717, 1.165) is 6.08 Å².